The Morgan fingerprint density at radius 1 is 0.689 bits per heavy atom. The first kappa shape index (κ1) is 34.8. The maximum absolute atomic E-state index is 13.1. The Kier molecular flexibility index (Phi) is 13.1. The Morgan fingerprint density at radius 3 is 1.84 bits per heavy atom. The van der Waals surface area contributed by atoms with E-state index in [4.69, 9.17) is 18.6 Å². The molecule has 0 saturated heterocycles. The van der Waals surface area contributed by atoms with Crippen LogP contribution in [0.4, 0.5) is 0 Å². The van der Waals surface area contributed by atoms with Crippen molar-refractivity contribution in [3.05, 3.63) is 100 Å². The summed E-state index contributed by atoms with van der Waals surface area (Å²) in [7, 11) is 0. The van der Waals surface area contributed by atoms with Crippen LogP contribution in [0.2, 0.25) is 0 Å². The van der Waals surface area contributed by atoms with E-state index in [1.54, 1.807) is 45.0 Å². The fourth-order valence-electron chi connectivity index (χ4n) is 4.58. The highest BCUT2D eigenvalue weighted by atomic mass is 16.5. The lowest BCUT2D eigenvalue weighted by Gasteiger charge is -2.12. The van der Waals surface area contributed by atoms with Crippen LogP contribution in [0.15, 0.2) is 88.1 Å². The molecule has 1 aromatic heterocycles. The van der Waals surface area contributed by atoms with Gasteiger partial charge in [-0.3, -0.25) is 0 Å². The summed E-state index contributed by atoms with van der Waals surface area (Å²) in [4.78, 5) is 48.2. The minimum absolute atomic E-state index is 0.289. The van der Waals surface area contributed by atoms with E-state index in [0.29, 0.717) is 59.7 Å². The Labute approximate surface area is 264 Å². The molecule has 0 fully saturated rings. The largest absolute Gasteiger partial charge is 0.462 e. The molecule has 0 atom stereocenters. The number of ether oxygens (including phenoxy) is 3. The molecule has 3 aromatic rings. The van der Waals surface area contributed by atoms with Gasteiger partial charge in [-0.1, -0.05) is 50.8 Å². The number of rotatable bonds is 17. The van der Waals surface area contributed by atoms with Crippen LogP contribution in [0.1, 0.15) is 70.4 Å². The zero-order chi connectivity index (χ0) is 32.9. The monoisotopic (exact) mass is 614 g/mol. The van der Waals surface area contributed by atoms with Gasteiger partial charge in [-0.25, -0.2) is 19.2 Å². The molecule has 0 radical (unpaired) electrons. The second-order valence-corrected chi connectivity index (χ2v) is 11.3. The van der Waals surface area contributed by atoms with Crippen molar-refractivity contribution >= 4 is 28.9 Å². The van der Waals surface area contributed by atoms with Gasteiger partial charge in [0.05, 0.1) is 18.8 Å². The van der Waals surface area contributed by atoms with Gasteiger partial charge in [0.25, 0.3) is 0 Å². The predicted octanol–water partition coefficient (Wildman–Crippen LogP) is 7.61. The zero-order valence-corrected chi connectivity index (χ0v) is 26.5. The topological polar surface area (TPSA) is 109 Å². The van der Waals surface area contributed by atoms with Crippen LogP contribution in [-0.4, -0.2) is 31.1 Å². The highest BCUT2D eigenvalue weighted by Gasteiger charge is 2.14. The highest BCUT2D eigenvalue weighted by molar-refractivity contribution is 5.89. The quantitative estimate of drug-likeness (QED) is 0.0503. The fourth-order valence-corrected chi connectivity index (χ4v) is 4.58. The number of unbranched alkanes of at least 4 members (excludes halogenated alkanes) is 4. The van der Waals surface area contributed by atoms with E-state index >= 15 is 0 Å². The van der Waals surface area contributed by atoms with E-state index in [-0.39, 0.29) is 11.5 Å². The molecule has 2 aromatic carbocycles. The molecule has 0 bridgehead atoms. The summed E-state index contributed by atoms with van der Waals surface area (Å²) in [6.07, 6.45) is 6.56. The molecule has 0 amide bonds. The van der Waals surface area contributed by atoms with Gasteiger partial charge in [-0.2, -0.15) is 0 Å². The summed E-state index contributed by atoms with van der Waals surface area (Å²) in [5.41, 5.74) is 4.25. The normalized spacial score (nSPS) is 10.7. The summed E-state index contributed by atoms with van der Waals surface area (Å²) in [5, 5.41) is 0.837. The molecule has 238 valence electrons. The van der Waals surface area contributed by atoms with E-state index in [2.05, 4.69) is 25.8 Å². The summed E-state index contributed by atoms with van der Waals surface area (Å²) in [6.45, 7) is 16.3. The van der Waals surface area contributed by atoms with Crippen molar-refractivity contribution in [3.63, 3.8) is 0 Å². The summed E-state index contributed by atoms with van der Waals surface area (Å²) < 4.78 is 21.5. The van der Waals surface area contributed by atoms with Gasteiger partial charge < -0.3 is 18.6 Å². The SMILES string of the molecule is C=C(C)C(=O)OCCCCCCc1cc(CCCCOC(=O)C(=C)C)c2cc(-c3ccc(OC(=O)C(=C)C)cc3)c(=O)oc2c1. The third-order valence-electron chi connectivity index (χ3n) is 7.09. The summed E-state index contributed by atoms with van der Waals surface area (Å²) >= 11 is 0. The molecule has 3 rings (SSSR count). The molecule has 8 heteroatoms. The highest BCUT2D eigenvalue weighted by Crippen LogP contribution is 2.28. The molecule has 0 unspecified atom stereocenters. The van der Waals surface area contributed by atoms with Crippen molar-refractivity contribution in [2.75, 3.05) is 13.2 Å². The number of benzene rings is 2. The Morgan fingerprint density at radius 2 is 1.24 bits per heavy atom. The summed E-state index contributed by atoms with van der Waals surface area (Å²) in [6, 6.07) is 12.6. The lowest BCUT2D eigenvalue weighted by Crippen LogP contribution is -2.08. The maximum Gasteiger partial charge on any atom is 0.344 e. The average Bonchev–Trinajstić information content (AvgIpc) is 3.00. The number of fused-ring (bicyclic) bond motifs is 1. The van der Waals surface area contributed by atoms with Crippen molar-refractivity contribution < 1.29 is 33.0 Å². The fraction of sp³-hybridized carbons (Fsp3) is 0.351. The van der Waals surface area contributed by atoms with E-state index < -0.39 is 17.6 Å². The van der Waals surface area contributed by atoms with Crippen LogP contribution in [-0.2, 0) is 36.7 Å². The smallest absolute Gasteiger partial charge is 0.344 e. The molecule has 0 aliphatic heterocycles. The standard InChI is InChI=1S/C37H42O8/c1-24(2)34(38)42-19-11-8-7-9-13-27-21-29(14-10-12-20-43-35(39)25(3)4)31-23-32(37(41)45-33(31)22-27)28-15-17-30(18-16-28)44-36(40)26(5)6/h15-18,21-23H,1,3,5,7-14,19-20H2,2,4,6H3. The number of hydrogen-bond donors (Lipinski definition) is 0. The van der Waals surface area contributed by atoms with Gasteiger partial charge in [0.15, 0.2) is 0 Å². The molecule has 0 aliphatic carbocycles. The van der Waals surface area contributed by atoms with Crippen molar-refractivity contribution in [1.29, 1.82) is 0 Å². The van der Waals surface area contributed by atoms with E-state index in [9.17, 15) is 19.2 Å². The predicted molar refractivity (Wildman–Crippen MR) is 175 cm³/mol. The van der Waals surface area contributed by atoms with Crippen LogP contribution >= 0.6 is 0 Å². The average molecular weight is 615 g/mol. The number of hydrogen-bond acceptors (Lipinski definition) is 8. The molecular weight excluding hydrogens is 572 g/mol. The van der Waals surface area contributed by atoms with Gasteiger partial charge in [0, 0.05) is 22.1 Å². The van der Waals surface area contributed by atoms with Crippen LogP contribution in [0.25, 0.3) is 22.1 Å². The van der Waals surface area contributed by atoms with E-state index in [1.807, 2.05) is 12.1 Å². The van der Waals surface area contributed by atoms with Gasteiger partial charge in [-0.15, -0.1) is 0 Å². The van der Waals surface area contributed by atoms with Gasteiger partial charge in [-0.05, 0) is 100 Å². The first-order valence-corrected chi connectivity index (χ1v) is 15.2. The van der Waals surface area contributed by atoms with Crippen LogP contribution in [0, 0.1) is 0 Å². The minimum atomic E-state index is -0.521. The van der Waals surface area contributed by atoms with Gasteiger partial charge >= 0.3 is 23.5 Å². The van der Waals surface area contributed by atoms with Crippen molar-refractivity contribution in [2.24, 2.45) is 0 Å². The van der Waals surface area contributed by atoms with Crippen LogP contribution in [0.5, 0.6) is 5.75 Å². The van der Waals surface area contributed by atoms with Crippen molar-refractivity contribution in [1.82, 2.24) is 0 Å². The molecule has 1 heterocycles. The molecule has 8 nitrogen and oxygen atoms in total. The first-order valence-electron chi connectivity index (χ1n) is 15.2. The molecule has 0 aliphatic rings. The van der Waals surface area contributed by atoms with Gasteiger partial charge in [0.2, 0.25) is 0 Å². The second kappa shape index (κ2) is 16.9. The van der Waals surface area contributed by atoms with Crippen LogP contribution < -0.4 is 10.4 Å². The maximum atomic E-state index is 13.1. The lowest BCUT2D eigenvalue weighted by atomic mass is 9.96. The zero-order valence-electron chi connectivity index (χ0n) is 26.5. The van der Waals surface area contributed by atoms with E-state index in [0.717, 1.165) is 55.0 Å². The Hall–Kier alpha value is -4.72. The third-order valence-corrected chi connectivity index (χ3v) is 7.09. The Balaban J connectivity index is 1.77. The third kappa shape index (κ3) is 10.7. The van der Waals surface area contributed by atoms with Gasteiger partial charge in [0.1, 0.15) is 11.3 Å². The van der Waals surface area contributed by atoms with Crippen molar-refractivity contribution in [3.8, 4) is 16.9 Å². The number of esters is 3. The number of carbonyl (C=O) groups is 3. The molecule has 0 N–H and O–H groups in total. The lowest BCUT2D eigenvalue weighted by molar-refractivity contribution is -0.139. The molecule has 0 spiro atoms. The van der Waals surface area contributed by atoms with Crippen LogP contribution in [0.3, 0.4) is 0 Å². The van der Waals surface area contributed by atoms with Crippen molar-refractivity contribution in [2.45, 2.75) is 72.1 Å². The summed E-state index contributed by atoms with van der Waals surface area (Å²) in [5.74, 6) is -0.934. The number of carbonyl (C=O) groups excluding carboxylic acids is 3. The first-order chi connectivity index (χ1) is 21.5. The van der Waals surface area contributed by atoms with E-state index in [1.165, 1.54) is 0 Å². The second-order valence-electron chi connectivity index (χ2n) is 11.3. The molecule has 0 saturated carbocycles. The molecule has 45 heavy (non-hydrogen) atoms. The number of aryl methyl sites for hydroxylation is 2. The molecular formula is C37H42O8. The minimum Gasteiger partial charge on any atom is -0.462 e. The Bertz CT molecular complexity index is 1620.